The first-order valence-corrected chi connectivity index (χ1v) is 7.96. The Bertz CT molecular complexity index is 791. The maximum atomic E-state index is 12.2. The number of aromatic nitrogens is 2. The van der Waals surface area contributed by atoms with Crippen molar-refractivity contribution < 1.29 is 9.90 Å². The molecular weight excluding hydrogens is 298 g/mol. The Morgan fingerprint density at radius 1 is 1.41 bits per heavy atom. The number of carbonyl (C=O) groups is 1. The smallest absolute Gasteiger partial charge is 0.261 e. The number of pyridine rings is 1. The summed E-state index contributed by atoms with van der Waals surface area (Å²) in [4.78, 5) is 20.3. The standard InChI is InChI=1S/C16H17N3O2S/c1-10(20)9-19-16(21)14-12(4-7-22-14)8-11-2-5-17-15-13(11)3-6-18-15/h2-7,10,20H,8-9H2,1H3,(H,17,18)(H,19,21). The molecule has 22 heavy (non-hydrogen) atoms. The van der Waals surface area contributed by atoms with Gasteiger partial charge in [-0.25, -0.2) is 4.98 Å². The van der Waals surface area contributed by atoms with Gasteiger partial charge in [-0.3, -0.25) is 4.79 Å². The molecule has 0 fully saturated rings. The van der Waals surface area contributed by atoms with E-state index in [1.165, 1.54) is 11.3 Å². The van der Waals surface area contributed by atoms with Crippen LogP contribution in [0.3, 0.4) is 0 Å². The lowest BCUT2D eigenvalue weighted by atomic mass is 10.0. The molecule has 3 aromatic heterocycles. The number of H-pyrrole nitrogens is 1. The first kappa shape index (κ1) is 14.7. The molecule has 5 nitrogen and oxygen atoms in total. The normalized spacial score (nSPS) is 12.5. The molecule has 0 saturated heterocycles. The second-order valence-corrected chi connectivity index (χ2v) is 6.14. The van der Waals surface area contributed by atoms with Crippen molar-refractivity contribution >= 4 is 28.3 Å². The minimum Gasteiger partial charge on any atom is -0.392 e. The van der Waals surface area contributed by atoms with Gasteiger partial charge < -0.3 is 15.4 Å². The average Bonchev–Trinajstić information content (AvgIpc) is 3.14. The van der Waals surface area contributed by atoms with Gasteiger partial charge in [0.05, 0.1) is 11.0 Å². The van der Waals surface area contributed by atoms with E-state index < -0.39 is 6.10 Å². The summed E-state index contributed by atoms with van der Waals surface area (Å²) in [5.74, 6) is -0.134. The van der Waals surface area contributed by atoms with Crippen molar-refractivity contribution in [3.8, 4) is 0 Å². The van der Waals surface area contributed by atoms with E-state index in [2.05, 4.69) is 15.3 Å². The van der Waals surface area contributed by atoms with Crippen LogP contribution in [0.4, 0.5) is 0 Å². The molecule has 114 valence electrons. The Morgan fingerprint density at radius 2 is 2.27 bits per heavy atom. The number of carbonyl (C=O) groups excluding carboxylic acids is 1. The third-order valence-electron chi connectivity index (χ3n) is 3.44. The zero-order valence-electron chi connectivity index (χ0n) is 12.2. The van der Waals surface area contributed by atoms with E-state index in [4.69, 9.17) is 0 Å². The number of aliphatic hydroxyl groups is 1. The number of fused-ring (bicyclic) bond motifs is 1. The highest BCUT2D eigenvalue weighted by atomic mass is 32.1. The summed E-state index contributed by atoms with van der Waals surface area (Å²) < 4.78 is 0. The van der Waals surface area contributed by atoms with Crippen molar-refractivity contribution in [2.45, 2.75) is 19.4 Å². The Labute approximate surface area is 132 Å². The summed E-state index contributed by atoms with van der Waals surface area (Å²) in [6.07, 6.45) is 3.77. The van der Waals surface area contributed by atoms with Gasteiger partial charge in [-0.05, 0) is 48.1 Å². The largest absolute Gasteiger partial charge is 0.392 e. The molecule has 0 aliphatic heterocycles. The lowest BCUT2D eigenvalue weighted by molar-refractivity contribution is 0.0927. The topological polar surface area (TPSA) is 78.0 Å². The summed E-state index contributed by atoms with van der Waals surface area (Å²) in [6, 6.07) is 5.95. The fourth-order valence-electron chi connectivity index (χ4n) is 2.37. The van der Waals surface area contributed by atoms with E-state index >= 15 is 0 Å². The number of rotatable bonds is 5. The molecule has 3 rings (SSSR count). The molecule has 0 aliphatic carbocycles. The van der Waals surface area contributed by atoms with Crippen molar-refractivity contribution in [2.24, 2.45) is 0 Å². The van der Waals surface area contributed by atoms with E-state index in [9.17, 15) is 9.90 Å². The van der Waals surface area contributed by atoms with Gasteiger partial charge in [-0.15, -0.1) is 11.3 Å². The number of hydrogen-bond donors (Lipinski definition) is 3. The van der Waals surface area contributed by atoms with Gasteiger partial charge in [0.25, 0.3) is 5.91 Å². The van der Waals surface area contributed by atoms with E-state index in [0.717, 1.165) is 22.2 Å². The third-order valence-corrected chi connectivity index (χ3v) is 4.40. The quantitative estimate of drug-likeness (QED) is 0.676. The van der Waals surface area contributed by atoms with E-state index in [0.29, 0.717) is 11.3 Å². The third kappa shape index (κ3) is 3.03. The zero-order chi connectivity index (χ0) is 15.5. The second-order valence-electron chi connectivity index (χ2n) is 5.22. The summed E-state index contributed by atoms with van der Waals surface area (Å²) in [7, 11) is 0. The monoisotopic (exact) mass is 315 g/mol. The van der Waals surface area contributed by atoms with E-state index in [1.54, 1.807) is 13.1 Å². The van der Waals surface area contributed by atoms with Crippen LogP contribution in [-0.2, 0) is 6.42 Å². The minimum absolute atomic E-state index is 0.134. The van der Waals surface area contributed by atoms with Gasteiger partial charge in [-0.1, -0.05) is 0 Å². The number of aliphatic hydroxyl groups excluding tert-OH is 1. The van der Waals surface area contributed by atoms with Crippen LogP contribution in [-0.4, -0.2) is 33.6 Å². The summed E-state index contributed by atoms with van der Waals surface area (Å²) in [5.41, 5.74) is 2.98. The molecular formula is C16H17N3O2S. The van der Waals surface area contributed by atoms with Crippen LogP contribution in [0.25, 0.3) is 11.0 Å². The lowest BCUT2D eigenvalue weighted by Crippen LogP contribution is -2.30. The Balaban J connectivity index is 1.83. The molecule has 3 heterocycles. The number of amides is 1. The number of nitrogens with zero attached hydrogens (tertiary/aromatic N) is 1. The van der Waals surface area contributed by atoms with Crippen LogP contribution in [0.1, 0.15) is 27.7 Å². The highest BCUT2D eigenvalue weighted by molar-refractivity contribution is 7.12. The molecule has 0 aromatic carbocycles. The zero-order valence-corrected chi connectivity index (χ0v) is 13.0. The van der Waals surface area contributed by atoms with Crippen molar-refractivity contribution in [1.82, 2.24) is 15.3 Å². The van der Waals surface area contributed by atoms with Crippen LogP contribution in [0.2, 0.25) is 0 Å². The molecule has 3 aromatic rings. The predicted molar refractivity (Wildman–Crippen MR) is 87.2 cm³/mol. The predicted octanol–water partition coefficient (Wildman–Crippen LogP) is 2.33. The first-order chi connectivity index (χ1) is 10.6. The number of aromatic amines is 1. The van der Waals surface area contributed by atoms with Crippen LogP contribution < -0.4 is 5.32 Å². The molecule has 1 unspecified atom stereocenters. The Kier molecular flexibility index (Phi) is 4.22. The molecule has 0 radical (unpaired) electrons. The Morgan fingerprint density at radius 3 is 3.09 bits per heavy atom. The van der Waals surface area contributed by atoms with Gasteiger partial charge in [0.15, 0.2) is 0 Å². The van der Waals surface area contributed by atoms with Gasteiger partial charge in [0.2, 0.25) is 0 Å². The number of hydrogen-bond acceptors (Lipinski definition) is 4. The second kappa shape index (κ2) is 6.29. The van der Waals surface area contributed by atoms with E-state index in [1.807, 2.05) is 29.8 Å². The molecule has 0 bridgehead atoms. The summed E-state index contributed by atoms with van der Waals surface area (Å²) in [6.45, 7) is 1.91. The molecule has 6 heteroatoms. The van der Waals surface area contributed by atoms with Crippen LogP contribution in [0.15, 0.2) is 36.0 Å². The SMILES string of the molecule is CC(O)CNC(=O)c1sccc1Cc1ccnc2[nH]ccc12. The maximum Gasteiger partial charge on any atom is 0.261 e. The molecule has 1 atom stereocenters. The lowest BCUT2D eigenvalue weighted by Gasteiger charge is -2.08. The fraction of sp³-hybridized carbons (Fsp3) is 0.250. The van der Waals surface area contributed by atoms with Crippen molar-refractivity contribution in [3.63, 3.8) is 0 Å². The maximum absolute atomic E-state index is 12.2. The van der Waals surface area contributed by atoms with Gasteiger partial charge in [-0.2, -0.15) is 0 Å². The van der Waals surface area contributed by atoms with Gasteiger partial charge >= 0.3 is 0 Å². The fourth-order valence-corrected chi connectivity index (χ4v) is 3.21. The van der Waals surface area contributed by atoms with Crippen LogP contribution in [0, 0.1) is 0 Å². The highest BCUT2D eigenvalue weighted by Gasteiger charge is 2.15. The average molecular weight is 315 g/mol. The van der Waals surface area contributed by atoms with Gasteiger partial charge in [0.1, 0.15) is 5.65 Å². The Hall–Kier alpha value is -2.18. The first-order valence-electron chi connectivity index (χ1n) is 7.08. The van der Waals surface area contributed by atoms with Crippen molar-refractivity contribution in [2.75, 3.05) is 6.54 Å². The number of thiophene rings is 1. The molecule has 1 amide bonds. The molecule has 3 N–H and O–H groups in total. The van der Waals surface area contributed by atoms with Gasteiger partial charge in [0, 0.05) is 24.3 Å². The van der Waals surface area contributed by atoms with Crippen molar-refractivity contribution in [3.05, 3.63) is 52.0 Å². The molecule has 0 aliphatic rings. The molecule has 0 spiro atoms. The van der Waals surface area contributed by atoms with E-state index in [-0.39, 0.29) is 12.5 Å². The van der Waals surface area contributed by atoms with Crippen molar-refractivity contribution in [1.29, 1.82) is 0 Å². The molecule has 0 saturated carbocycles. The summed E-state index contributed by atoms with van der Waals surface area (Å²) >= 11 is 1.42. The summed E-state index contributed by atoms with van der Waals surface area (Å²) in [5, 5.41) is 15.0. The van der Waals surface area contributed by atoms with Crippen LogP contribution >= 0.6 is 11.3 Å². The minimum atomic E-state index is -0.549. The highest BCUT2D eigenvalue weighted by Crippen LogP contribution is 2.23. The number of nitrogens with one attached hydrogen (secondary N) is 2. The van der Waals surface area contributed by atoms with Crippen LogP contribution in [0.5, 0.6) is 0 Å².